The van der Waals surface area contributed by atoms with Gasteiger partial charge in [0.05, 0.1) is 6.04 Å². The van der Waals surface area contributed by atoms with E-state index in [0.717, 1.165) is 26.1 Å². The Morgan fingerprint density at radius 1 is 1.38 bits per heavy atom. The van der Waals surface area contributed by atoms with E-state index in [4.69, 9.17) is 6.42 Å². The first kappa shape index (κ1) is 12.0. The van der Waals surface area contributed by atoms with Gasteiger partial charge in [-0.05, 0) is 19.3 Å². The number of nitrogens with zero attached hydrogens (tertiary/aromatic N) is 1. The Bertz CT molecular complexity index is 255. The maximum Gasteiger partial charge on any atom is 0.0710 e. The van der Waals surface area contributed by atoms with Gasteiger partial charge in [0.1, 0.15) is 0 Å². The van der Waals surface area contributed by atoms with Crippen LogP contribution in [0.3, 0.4) is 0 Å². The van der Waals surface area contributed by atoms with Gasteiger partial charge < -0.3 is 5.32 Å². The van der Waals surface area contributed by atoms with E-state index >= 15 is 0 Å². The van der Waals surface area contributed by atoms with E-state index in [0.29, 0.717) is 11.6 Å². The quantitative estimate of drug-likeness (QED) is 0.716. The highest BCUT2D eigenvalue weighted by atomic mass is 15.2. The summed E-state index contributed by atoms with van der Waals surface area (Å²) >= 11 is 0. The van der Waals surface area contributed by atoms with E-state index in [-0.39, 0.29) is 0 Å². The summed E-state index contributed by atoms with van der Waals surface area (Å²) in [6, 6.07) is 0.348. The Balaban J connectivity index is 2.00. The van der Waals surface area contributed by atoms with Gasteiger partial charge in [0.2, 0.25) is 0 Å². The molecule has 90 valence electrons. The first-order valence-corrected chi connectivity index (χ1v) is 6.75. The molecule has 2 aliphatic rings. The standard InChI is InChI=1S/C14H24N2/c1-3-13(4-2)16-11-10-15-14(12-16)8-6-5-7-9-14/h1,13,15H,4-12H2,2H3. The average molecular weight is 220 g/mol. The molecular weight excluding hydrogens is 196 g/mol. The lowest BCUT2D eigenvalue weighted by atomic mass is 9.80. The van der Waals surface area contributed by atoms with E-state index < -0.39 is 0 Å². The van der Waals surface area contributed by atoms with Crippen LogP contribution in [-0.4, -0.2) is 36.1 Å². The summed E-state index contributed by atoms with van der Waals surface area (Å²) in [5, 5.41) is 3.76. The molecule has 0 radical (unpaired) electrons. The van der Waals surface area contributed by atoms with Gasteiger partial charge in [0.25, 0.3) is 0 Å². The second-order valence-corrected chi connectivity index (χ2v) is 5.33. The Kier molecular flexibility index (Phi) is 3.89. The summed E-state index contributed by atoms with van der Waals surface area (Å²) in [6.45, 7) is 5.58. The topological polar surface area (TPSA) is 15.3 Å². The van der Waals surface area contributed by atoms with E-state index in [1.165, 1.54) is 32.1 Å². The Morgan fingerprint density at radius 3 is 2.75 bits per heavy atom. The first-order valence-electron chi connectivity index (χ1n) is 6.75. The fourth-order valence-electron chi connectivity index (χ4n) is 3.30. The van der Waals surface area contributed by atoms with Crippen LogP contribution in [0.5, 0.6) is 0 Å². The lowest BCUT2D eigenvalue weighted by Gasteiger charge is -2.47. The third-order valence-electron chi connectivity index (χ3n) is 4.24. The van der Waals surface area contributed by atoms with Crippen LogP contribution in [0.1, 0.15) is 45.4 Å². The van der Waals surface area contributed by atoms with Crippen LogP contribution >= 0.6 is 0 Å². The second-order valence-electron chi connectivity index (χ2n) is 5.33. The van der Waals surface area contributed by atoms with Crippen molar-refractivity contribution in [2.24, 2.45) is 0 Å². The lowest BCUT2D eigenvalue weighted by Crippen LogP contribution is -2.62. The highest BCUT2D eigenvalue weighted by molar-refractivity contribution is 5.05. The van der Waals surface area contributed by atoms with Crippen LogP contribution in [0.25, 0.3) is 0 Å². The van der Waals surface area contributed by atoms with E-state index in [1.54, 1.807) is 0 Å². The molecule has 1 saturated carbocycles. The minimum Gasteiger partial charge on any atom is -0.309 e. The van der Waals surface area contributed by atoms with Gasteiger partial charge in [0, 0.05) is 25.2 Å². The van der Waals surface area contributed by atoms with Gasteiger partial charge in [-0.3, -0.25) is 4.90 Å². The highest BCUT2D eigenvalue weighted by Gasteiger charge is 2.37. The molecule has 0 aromatic heterocycles. The monoisotopic (exact) mass is 220 g/mol. The molecule has 1 aliphatic carbocycles. The van der Waals surface area contributed by atoms with Gasteiger partial charge in [-0.25, -0.2) is 0 Å². The van der Waals surface area contributed by atoms with Gasteiger partial charge in [-0.2, -0.15) is 0 Å². The zero-order chi connectivity index (χ0) is 11.4. The zero-order valence-corrected chi connectivity index (χ0v) is 10.5. The molecular formula is C14H24N2. The van der Waals surface area contributed by atoms with Gasteiger partial charge in [0.15, 0.2) is 0 Å². The van der Waals surface area contributed by atoms with E-state index in [9.17, 15) is 0 Å². The summed E-state index contributed by atoms with van der Waals surface area (Å²) < 4.78 is 0. The van der Waals surface area contributed by atoms with Crippen LogP contribution in [0.2, 0.25) is 0 Å². The van der Waals surface area contributed by atoms with Crippen LogP contribution in [0, 0.1) is 12.3 Å². The predicted molar refractivity (Wildman–Crippen MR) is 68.3 cm³/mol. The Hall–Kier alpha value is -0.520. The molecule has 1 aliphatic heterocycles. The summed E-state index contributed by atoms with van der Waals surface area (Å²) in [4.78, 5) is 2.52. The van der Waals surface area contributed by atoms with Crippen molar-refractivity contribution >= 4 is 0 Å². The van der Waals surface area contributed by atoms with Crippen molar-refractivity contribution in [2.75, 3.05) is 19.6 Å². The van der Waals surface area contributed by atoms with Crippen molar-refractivity contribution < 1.29 is 0 Å². The minimum atomic E-state index is 0.348. The van der Waals surface area contributed by atoms with Crippen molar-refractivity contribution in [1.29, 1.82) is 0 Å². The van der Waals surface area contributed by atoms with Crippen molar-refractivity contribution in [1.82, 2.24) is 10.2 Å². The fraction of sp³-hybridized carbons (Fsp3) is 0.857. The normalized spacial score (nSPS) is 27.5. The van der Waals surface area contributed by atoms with Crippen LogP contribution in [-0.2, 0) is 0 Å². The molecule has 2 heteroatoms. The fourth-order valence-corrected chi connectivity index (χ4v) is 3.30. The number of nitrogens with one attached hydrogen (secondary N) is 1. The van der Waals surface area contributed by atoms with Gasteiger partial charge in [-0.15, -0.1) is 6.42 Å². The third kappa shape index (κ3) is 2.42. The molecule has 2 nitrogen and oxygen atoms in total. The zero-order valence-electron chi connectivity index (χ0n) is 10.5. The number of hydrogen-bond donors (Lipinski definition) is 1. The van der Waals surface area contributed by atoms with Crippen LogP contribution < -0.4 is 5.32 Å². The Morgan fingerprint density at radius 2 is 2.12 bits per heavy atom. The predicted octanol–water partition coefficient (Wildman–Crippen LogP) is 2.01. The number of hydrogen-bond acceptors (Lipinski definition) is 2. The average Bonchev–Trinajstić information content (AvgIpc) is 2.32. The SMILES string of the molecule is C#CC(CC)N1CCNC2(CCCCC2)C1. The molecule has 2 rings (SSSR count). The molecule has 0 aromatic rings. The van der Waals surface area contributed by atoms with Crippen molar-refractivity contribution in [3.63, 3.8) is 0 Å². The lowest BCUT2D eigenvalue weighted by molar-refractivity contribution is 0.0828. The van der Waals surface area contributed by atoms with E-state index in [2.05, 4.69) is 23.1 Å². The highest BCUT2D eigenvalue weighted by Crippen LogP contribution is 2.31. The number of rotatable bonds is 2. The summed E-state index contributed by atoms with van der Waals surface area (Å²) in [5.41, 5.74) is 0.390. The molecule has 16 heavy (non-hydrogen) atoms. The van der Waals surface area contributed by atoms with Crippen LogP contribution in [0.4, 0.5) is 0 Å². The minimum absolute atomic E-state index is 0.348. The summed E-state index contributed by atoms with van der Waals surface area (Å²) in [7, 11) is 0. The molecule has 1 saturated heterocycles. The first-order chi connectivity index (χ1) is 7.79. The maximum atomic E-state index is 5.62. The summed E-state index contributed by atoms with van der Waals surface area (Å²) in [6.07, 6.45) is 13.5. The van der Waals surface area contributed by atoms with Crippen LogP contribution in [0.15, 0.2) is 0 Å². The molecule has 0 aromatic carbocycles. The maximum absolute atomic E-state index is 5.62. The molecule has 1 spiro atoms. The summed E-state index contributed by atoms with van der Waals surface area (Å²) in [5.74, 6) is 2.94. The van der Waals surface area contributed by atoms with E-state index in [1.807, 2.05) is 0 Å². The van der Waals surface area contributed by atoms with Crippen molar-refractivity contribution in [3.05, 3.63) is 0 Å². The van der Waals surface area contributed by atoms with Crippen molar-refractivity contribution in [2.45, 2.75) is 57.0 Å². The molecule has 0 amide bonds. The Labute approximate surface area is 99.8 Å². The molecule has 2 fully saturated rings. The molecule has 0 bridgehead atoms. The van der Waals surface area contributed by atoms with Crippen molar-refractivity contribution in [3.8, 4) is 12.3 Å². The molecule has 1 heterocycles. The molecule has 1 atom stereocenters. The van der Waals surface area contributed by atoms with Gasteiger partial charge >= 0.3 is 0 Å². The molecule has 1 unspecified atom stereocenters. The molecule has 1 N–H and O–H groups in total. The third-order valence-corrected chi connectivity index (χ3v) is 4.24. The largest absolute Gasteiger partial charge is 0.309 e. The smallest absolute Gasteiger partial charge is 0.0710 e. The number of piperazine rings is 1. The van der Waals surface area contributed by atoms with Gasteiger partial charge in [-0.1, -0.05) is 32.1 Å². The second kappa shape index (κ2) is 5.21. The number of terminal acetylenes is 1.